The monoisotopic (exact) mass is 244 g/mol. The van der Waals surface area contributed by atoms with E-state index in [1.807, 2.05) is 29.5 Å². The Morgan fingerprint density at radius 1 is 1.88 bits per heavy atom. The summed E-state index contributed by atoms with van der Waals surface area (Å²) < 4.78 is 1.68. The molecule has 0 unspecified atom stereocenters. The van der Waals surface area contributed by atoms with E-state index in [1.165, 1.54) is 0 Å². The predicted molar refractivity (Wildman–Crippen MR) is 45.3 cm³/mol. The zero-order chi connectivity index (χ0) is 6.41. The fourth-order valence-corrected chi connectivity index (χ4v) is 0.790. The van der Waals surface area contributed by atoms with Gasteiger partial charge in [0.05, 0.1) is 9.92 Å². The Bertz CT molecular complexity index is 111. The summed E-state index contributed by atoms with van der Waals surface area (Å²) in [6.45, 7) is 1.85. The maximum Gasteiger partial charge on any atom is 0.0655 e. The van der Waals surface area contributed by atoms with Crippen LogP contribution in [0.4, 0.5) is 0 Å². The number of rotatable bonds is 2. The molecule has 0 spiro atoms. The van der Waals surface area contributed by atoms with Crippen LogP contribution < -0.4 is 4.84 Å². The first-order valence-electron chi connectivity index (χ1n) is 1.97. The van der Waals surface area contributed by atoms with E-state index in [0.717, 1.165) is 5.70 Å². The summed E-state index contributed by atoms with van der Waals surface area (Å²) in [6, 6.07) is 0. The molecule has 0 amide bonds. The maximum absolute atomic E-state index is 5.13. The lowest BCUT2D eigenvalue weighted by Gasteiger charge is -1.85. The summed E-state index contributed by atoms with van der Waals surface area (Å²) in [5, 5.41) is 0. The van der Waals surface area contributed by atoms with E-state index in [-0.39, 0.29) is 0 Å². The minimum absolute atomic E-state index is 0.856. The summed E-state index contributed by atoms with van der Waals surface area (Å²) in [7, 11) is 0. The molecule has 0 fully saturated rings. The minimum atomic E-state index is 0.856. The zero-order valence-corrected chi connectivity index (χ0v) is 7.27. The van der Waals surface area contributed by atoms with Crippen LogP contribution in [0.15, 0.2) is 16.9 Å². The van der Waals surface area contributed by atoms with Crippen molar-refractivity contribution in [1.82, 2.24) is 4.84 Å². The Kier molecular flexibility index (Phi) is 5.52. The molecular formula is C4H6ClIN2. The van der Waals surface area contributed by atoms with Crippen LogP contribution in [-0.2, 0) is 0 Å². The number of hydrogen-bond donors (Lipinski definition) is 1. The van der Waals surface area contributed by atoms with Gasteiger partial charge in [-0.3, -0.25) is 4.99 Å². The van der Waals surface area contributed by atoms with Gasteiger partial charge >= 0.3 is 0 Å². The second-order valence-corrected chi connectivity index (χ2v) is 1.90. The number of hydrogen-bond acceptors (Lipinski definition) is 2. The van der Waals surface area contributed by atoms with Crippen molar-refractivity contribution < 1.29 is 0 Å². The normalized spacial score (nSPS) is 12.6. The van der Waals surface area contributed by atoms with Crippen LogP contribution in [0.2, 0.25) is 0 Å². The highest BCUT2D eigenvalue weighted by molar-refractivity contribution is 14.1. The molecule has 0 saturated carbocycles. The second kappa shape index (κ2) is 5.37. The van der Waals surface area contributed by atoms with Crippen molar-refractivity contribution in [3.63, 3.8) is 0 Å². The zero-order valence-electron chi connectivity index (χ0n) is 4.36. The fourth-order valence-electron chi connectivity index (χ4n) is 0.193. The van der Waals surface area contributed by atoms with Gasteiger partial charge in [0.15, 0.2) is 0 Å². The van der Waals surface area contributed by atoms with Gasteiger partial charge in [0.25, 0.3) is 0 Å². The van der Waals surface area contributed by atoms with Crippen LogP contribution in [0.5, 0.6) is 0 Å². The van der Waals surface area contributed by atoms with Crippen molar-refractivity contribution in [3.8, 4) is 0 Å². The third kappa shape index (κ3) is 4.39. The van der Waals surface area contributed by atoms with Crippen LogP contribution in [0.1, 0.15) is 6.92 Å². The molecule has 46 valence electrons. The molecular weight excluding hydrogens is 238 g/mol. The highest BCUT2D eigenvalue weighted by Crippen LogP contribution is 1.91. The Hall–Kier alpha value is 0.230. The lowest BCUT2D eigenvalue weighted by atomic mass is 10.6. The van der Waals surface area contributed by atoms with Gasteiger partial charge in [-0.05, 0) is 29.5 Å². The van der Waals surface area contributed by atoms with Gasteiger partial charge in [0, 0.05) is 18.0 Å². The summed E-state index contributed by atoms with van der Waals surface area (Å²) in [5.74, 6) is 0. The smallest absolute Gasteiger partial charge is 0.0655 e. The highest BCUT2D eigenvalue weighted by atomic mass is 127. The van der Waals surface area contributed by atoms with E-state index in [1.54, 1.807) is 10.4 Å². The first-order valence-corrected chi connectivity index (χ1v) is 3.59. The van der Waals surface area contributed by atoms with Crippen molar-refractivity contribution >= 4 is 38.6 Å². The average Bonchev–Trinajstić information content (AvgIpc) is 1.68. The second-order valence-electron chi connectivity index (χ2n) is 1.12. The van der Waals surface area contributed by atoms with Crippen LogP contribution in [0.3, 0.4) is 0 Å². The lowest BCUT2D eigenvalue weighted by Crippen LogP contribution is -1.83. The summed E-state index contributed by atoms with van der Waals surface area (Å²) >= 11 is 7.17. The average molecular weight is 244 g/mol. The van der Waals surface area contributed by atoms with Gasteiger partial charge in [-0.2, -0.15) is 0 Å². The third-order valence-corrected chi connectivity index (χ3v) is 0.904. The molecule has 8 heavy (non-hydrogen) atoms. The predicted octanol–water partition coefficient (Wildman–Crippen LogP) is 2.05. The molecule has 0 bridgehead atoms. The first-order chi connectivity index (χ1) is 3.81. The van der Waals surface area contributed by atoms with Crippen LogP contribution in [0, 0.1) is 0 Å². The molecule has 2 nitrogen and oxygen atoms in total. The van der Waals surface area contributed by atoms with Crippen molar-refractivity contribution in [2.45, 2.75) is 6.92 Å². The van der Waals surface area contributed by atoms with Crippen LogP contribution >= 0.6 is 34.4 Å². The molecule has 0 aromatic carbocycles. The molecule has 0 heterocycles. The van der Waals surface area contributed by atoms with Crippen LogP contribution in [-0.4, -0.2) is 4.22 Å². The molecule has 0 aliphatic heterocycles. The topological polar surface area (TPSA) is 24.4 Å². The molecule has 0 rings (SSSR count). The summed E-state index contributed by atoms with van der Waals surface area (Å²) in [4.78, 5) is 6.24. The molecule has 0 atom stereocenters. The van der Waals surface area contributed by atoms with Gasteiger partial charge < -0.3 is 4.84 Å². The number of allylic oxidation sites excluding steroid dienone is 1. The molecule has 0 aromatic heterocycles. The molecule has 0 aliphatic rings. The molecule has 0 radical (unpaired) electrons. The number of aliphatic imine (C=N–C) groups is 1. The van der Waals surface area contributed by atoms with Crippen LogP contribution in [0.25, 0.3) is 0 Å². The number of nitrogens with zero attached hydrogens (tertiary/aromatic N) is 1. The van der Waals surface area contributed by atoms with Crippen molar-refractivity contribution in [1.29, 1.82) is 0 Å². The minimum Gasteiger partial charge on any atom is -0.304 e. The standard InChI is InChI=1S/C4H6ClIN2/c1-4(2-8-5)7-3-6/h2-3,8H,1H3/b4-2-,7-3?. The van der Waals surface area contributed by atoms with Crippen molar-refractivity contribution in [2.24, 2.45) is 4.99 Å². The van der Waals surface area contributed by atoms with E-state index in [4.69, 9.17) is 11.8 Å². The number of halogens is 2. The van der Waals surface area contributed by atoms with E-state index < -0.39 is 0 Å². The van der Waals surface area contributed by atoms with Gasteiger partial charge in [-0.15, -0.1) is 0 Å². The van der Waals surface area contributed by atoms with Crippen molar-refractivity contribution in [3.05, 3.63) is 11.9 Å². The molecule has 0 aliphatic carbocycles. The Morgan fingerprint density at radius 2 is 2.50 bits per heavy atom. The molecule has 0 aromatic rings. The van der Waals surface area contributed by atoms with Gasteiger partial charge in [-0.1, -0.05) is 0 Å². The Labute approximate surface area is 67.3 Å². The third-order valence-electron chi connectivity index (χ3n) is 0.516. The largest absolute Gasteiger partial charge is 0.304 e. The maximum atomic E-state index is 5.13. The molecule has 1 N–H and O–H groups in total. The molecule has 4 heteroatoms. The molecule has 0 saturated heterocycles. The van der Waals surface area contributed by atoms with Gasteiger partial charge in [0.2, 0.25) is 0 Å². The highest BCUT2D eigenvalue weighted by Gasteiger charge is 1.75. The van der Waals surface area contributed by atoms with Gasteiger partial charge in [-0.25, -0.2) is 0 Å². The van der Waals surface area contributed by atoms with E-state index in [2.05, 4.69) is 9.83 Å². The summed E-state index contributed by atoms with van der Waals surface area (Å²) in [6.07, 6.45) is 1.61. The summed E-state index contributed by atoms with van der Waals surface area (Å²) in [5.41, 5.74) is 0.856. The Morgan fingerprint density at radius 3 is 2.88 bits per heavy atom. The van der Waals surface area contributed by atoms with E-state index >= 15 is 0 Å². The van der Waals surface area contributed by atoms with E-state index in [0.29, 0.717) is 0 Å². The lowest BCUT2D eigenvalue weighted by molar-refractivity contribution is 1.23. The van der Waals surface area contributed by atoms with Gasteiger partial charge in [0.1, 0.15) is 0 Å². The van der Waals surface area contributed by atoms with Crippen molar-refractivity contribution in [2.75, 3.05) is 0 Å². The SMILES string of the molecule is C/C(=C/NCl)N=CI. The fraction of sp³-hybridized carbons (Fsp3) is 0.250. The quantitative estimate of drug-likeness (QED) is 0.449. The Balaban J connectivity index is 3.61. The number of nitrogens with one attached hydrogen (secondary N) is 1. The van der Waals surface area contributed by atoms with E-state index in [9.17, 15) is 0 Å². The first kappa shape index (κ1) is 8.23.